The fourth-order valence-corrected chi connectivity index (χ4v) is 4.00. The molecule has 0 bridgehead atoms. The van der Waals surface area contributed by atoms with Crippen LogP contribution in [0.25, 0.3) is 0 Å². The second kappa shape index (κ2) is 6.67. The summed E-state index contributed by atoms with van der Waals surface area (Å²) < 4.78 is 23.0. The zero-order valence-electron chi connectivity index (χ0n) is 11.9. The molecule has 6 nitrogen and oxygen atoms in total. The van der Waals surface area contributed by atoms with Gasteiger partial charge in [-0.3, -0.25) is 9.69 Å². The zero-order valence-corrected chi connectivity index (χ0v) is 12.7. The Labute approximate surface area is 115 Å². The van der Waals surface area contributed by atoms with Crippen molar-refractivity contribution in [1.82, 2.24) is 10.2 Å². The van der Waals surface area contributed by atoms with Crippen LogP contribution in [-0.4, -0.2) is 61.9 Å². The Morgan fingerprint density at radius 3 is 2.58 bits per heavy atom. The van der Waals surface area contributed by atoms with Crippen molar-refractivity contribution in [2.24, 2.45) is 5.73 Å². The molecule has 1 saturated heterocycles. The Balaban J connectivity index is 2.49. The molecule has 7 heteroatoms. The van der Waals surface area contributed by atoms with Gasteiger partial charge < -0.3 is 11.1 Å². The normalized spacial score (nSPS) is 25.4. The molecule has 2 unspecified atom stereocenters. The first kappa shape index (κ1) is 16.4. The van der Waals surface area contributed by atoms with Crippen LogP contribution in [0.3, 0.4) is 0 Å². The van der Waals surface area contributed by atoms with Crippen LogP contribution in [0.2, 0.25) is 0 Å². The number of amides is 1. The number of nitrogens with one attached hydrogen (secondary N) is 1. The summed E-state index contributed by atoms with van der Waals surface area (Å²) >= 11 is 0. The molecule has 1 amide bonds. The van der Waals surface area contributed by atoms with E-state index >= 15 is 0 Å². The van der Waals surface area contributed by atoms with Crippen molar-refractivity contribution in [2.75, 3.05) is 24.6 Å². The van der Waals surface area contributed by atoms with Crippen LogP contribution in [0, 0.1) is 0 Å². The van der Waals surface area contributed by atoms with E-state index in [-0.39, 0.29) is 35.5 Å². The average Bonchev–Trinajstić information content (AvgIpc) is 2.24. The lowest BCUT2D eigenvalue weighted by atomic mass is 10.1. The lowest BCUT2D eigenvalue weighted by molar-refractivity contribution is -0.120. The van der Waals surface area contributed by atoms with E-state index in [0.717, 1.165) is 0 Å². The molecule has 0 saturated carbocycles. The maximum atomic E-state index is 11.5. The maximum Gasteiger partial charge on any atom is 0.234 e. The van der Waals surface area contributed by atoms with Crippen molar-refractivity contribution < 1.29 is 13.2 Å². The molecule has 0 aromatic rings. The second-order valence-electron chi connectivity index (χ2n) is 5.56. The van der Waals surface area contributed by atoms with Gasteiger partial charge in [-0.05, 0) is 13.3 Å². The number of nitrogens with two attached hydrogens (primary N) is 1. The molecule has 0 radical (unpaired) electrons. The minimum absolute atomic E-state index is 0.00586. The number of nitrogens with zero attached hydrogens (tertiary/aromatic N) is 1. The smallest absolute Gasteiger partial charge is 0.234 e. The Kier molecular flexibility index (Phi) is 5.76. The SMILES string of the molecule is CC(C)NC(CCN1CCS(=O)(=O)CC1C)C(N)=O. The van der Waals surface area contributed by atoms with E-state index in [9.17, 15) is 13.2 Å². The van der Waals surface area contributed by atoms with Gasteiger partial charge in [-0.15, -0.1) is 0 Å². The molecule has 1 heterocycles. The maximum absolute atomic E-state index is 11.5. The highest BCUT2D eigenvalue weighted by Gasteiger charge is 2.28. The standard InChI is InChI=1S/C12H25N3O3S/c1-9(2)14-11(12(13)16)4-5-15-6-7-19(17,18)8-10(15)3/h9-11,14H,4-8H2,1-3H3,(H2,13,16). The zero-order chi connectivity index (χ0) is 14.6. The number of carbonyl (C=O) groups is 1. The molecule has 2 atom stereocenters. The Morgan fingerprint density at radius 2 is 2.11 bits per heavy atom. The fraction of sp³-hybridized carbons (Fsp3) is 0.917. The monoisotopic (exact) mass is 291 g/mol. The van der Waals surface area contributed by atoms with Crippen molar-refractivity contribution >= 4 is 15.7 Å². The van der Waals surface area contributed by atoms with Crippen molar-refractivity contribution in [2.45, 2.75) is 45.3 Å². The molecule has 1 rings (SSSR count). The van der Waals surface area contributed by atoms with Gasteiger partial charge in [-0.2, -0.15) is 0 Å². The molecule has 1 aliphatic heterocycles. The molecule has 0 aromatic carbocycles. The van der Waals surface area contributed by atoms with Crippen molar-refractivity contribution in [1.29, 1.82) is 0 Å². The summed E-state index contributed by atoms with van der Waals surface area (Å²) in [4.78, 5) is 13.4. The lowest BCUT2D eigenvalue weighted by Crippen LogP contribution is -2.50. The first-order valence-electron chi connectivity index (χ1n) is 6.71. The summed E-state index contributed by atoms with van der Waals surface area (Å²) in [5, 5.41) is 3.13. The van der Waals surface area contributed by atoms with Crippen molar-refractivity contribution in [3.63, 3.8) is 0 Å². The van der Waals surface area contributed by atoms with E-state index in [1.165, 1.54) is 0 Å². The van der Waals surface area contributed by atoms with Crippen LogP contribution in [0.1, 0.15) is 27.2 Å². The summed E-state index contributed by atoms with van der Waals surface area (Å²) in [5.74, 6) is 0.0492. The van der Waals surface area contributed by atoms with Gasteiger partial charge in [0, 0.05) is 25.2 Å². The van der Waals surface area contributed by atoms with Crippen LogP contribution in [-0.2, 0) is 14.6 Å². The largest absolute Gasteiger partial charge is 0.368 e. The summed E-state index contributed by atoms with van der Waals surface area (Å²) in [6.45, 7) is 7.06. The molecule has 1 aliphatic rings. The molecule has 3 N–H and O–H groups in total. The Hall–Kier alpha value is -0.660. The van der Waals surface area contributed by atoms with Gasteiger partial charge in [0.1, 0.15) is 0 Å². The third kappa shape index (κ3) is 5.46. The predicted octanol–water partition coefficient (Wildman–Crippen LogP) is -0.653. The number of sulfone groups is 1. The van der Waals surface area contributed by atoms with Gasteiger partial charge in [0.05, 0.1) is 17.5 Å². The molecule has 19 heavy (non-hydrogen) atoms. The van der Waals surface area contributed by atoms with E-state index in [4.69, 9.17) is 5.73 Å². The third-order valence-electron chi connectivity index (χ3n) is 3.39. The number of carbonyl (C=O) groups excluding carboxylic acids is 1. The number of primary amides is 1. The number of hydrogen-bond acceptors (Lipinski definition) is 5. The Morgan fingerprint density at radius 1 is 1.47 bits per heavy atom. The summed E-state index contributed by atoms with van der Waals surface area (Å²) in [6.07, 6.45) is 0.609. The minimum Gasteiger partial charge on any atom is -0.368 e. The van der Waals surface area contributed by atoms with E-state index < -0.39 is 9.84 Å². The summed E-state index contributed by atoms with van der Waals surface area (Å²) in [7, 11) is -2.89. The van der Waals surface area contributed by atoms with E-state index in [0.29, 0.717) is 19.5 Å². The van der Waals surface area contributed by atoms with Gasteiger partial charge in [0.15, 0.2) is 9.84 Å². The van der Waals surface area contributed by atoms with Gasteiger partial charge in [0.2, 0.25) is 5.91 Å². The van der Waals surface area contributed by atoms with Gasteiger partial charge in [-0.25, -0.2) is 8.42 Å². The summed E-state index contributed by atoms with van der Waals surface area (Å²) in [6, 6.07) is -0.159. The molecule has 1 fully saturated rings. The minimum atomic E-state index is -2.89. The number of hydrogen-bond donors (Lipinski definition) is 2. The Bertz CT molecular complexity index is 408. The topological polar surface area (TPSA) is 92.5 Å². The predicted molar refractivity (Wildman–Crippen MR) is 75.6 cm³/mol. The first-order valence-corrected chi connectivity index (χ1v) is 8.53. The molecule has 112 valence electrons. The molecule has 0 spiro atoms. The van der Waals surface area contributed by atoms with Gasteiger partial charge in [0.25, 0.3) is 0 Å². The average molecular weight is 291 g/mol. The van der Waals surface area contributed by atoms with Crippen molar-refractivity contribution in [3.05, 3.63) is 0 Å². The lowest BCUT2D eigenvalue weighted by Gasteiger charge is -2.34. The highest BCUT2D eigenvalue weighted by molar-refractivity contribution is 7.91. The highest BCUT2D eigenvalue weighted by Crippen LogP contribution is 2.12. The first-order chi connectivity index (χ1) is 8.71. The van der Waals surface area contributed by atoms with Crippen molar-refractivity contribution in [3.8, 4) is 0 Å². The van der Waals surface area contributed by atoms with Crippen LogP contribution < -0.4 is 11.1 Å². The number of rotatable bonds is 6. The summed E-state index contributed by atoms with van der Waals surface area (Å²) in [5.41, 5.74) is 5.36. The fourth-order valence-electron chi connectivity index (χ4n) is 2.37. The van der Waals surface area contributed by atoms with E-state index in [2.05, 4.69) is 10.2 Å². The van der Waals surface area contributed by atoms with Crippen LogP contribution >= 0.6 is 0 Å². The quantitative estimate of drug-likeness (QED) is 0.678. The van der Waals surface area contributed by atoms with Gasteiger partial charge >= 0.3 is 0 Å². The van der Waals surface area contributed by atoms with Crippen LogP contribution in [0.4, 0.5) is 0 Å². The molecular weight excluding hydrogens is 266 g/mol. The molecule has 0 aromatic heterocycles. The van der Waals surface area contributed by atoms with Crippen LogP contribution in [0.5, 0.6) is 0 Å². The second-order valence-corrected chi connectivity index (χ2v) is 7.79. The third-order valence-corrected chi connectivity index (χ3v) is 5.19. The van der Waals surface area contributed by atoms with E-state index in [1.807, 2.05) is 20.8 Å². The van der Waals surface area contributed by atoms with Crippen LogP contribution in [0.15, 0.2) is 0 Å². The molecular formula is C12H25N3O3S. The highest BCUT2D eigenvalue weighted by atomic mass is 32.2. The molecule has 0 aliphatic carbocycles. The van der Waals surface area contributed by atoms with Gasteiger partial charge in [-0.1, -0.05) is 13.8 Å². The van der Waals surface area contributed by atoms with E-state index in [1.54, 1.807) is 0 Å².